The average Bonchev–Trinajstić information content (AvgIpc) is 2.71. The largest absolute Gasteiger partial charge is 0.472 e. The van der Waals surface area contributed by atoms with Gasteiger partial charge < -0.3 is 10.2 Å². The first-order valence-electron chi connectivity index (χ1n) is 4.33. The van der Waals surface area contributed by atoms with Gasteiger partial charge in [0, 0.05) is 11.8 Å². The van der Waals surface area contributed by atoms with E-state index in [-0.39, 0.29) is 6.04 Å². The molecule has 0 aliphatic rings. The molecule has 72 valence electrons. The van der Waals surface area contributed by atoms with Crippen molar-refractivity contribution < 1.29 is 4.42 Å². The molecule has 0 fully saturated rings. The first-order chi connectivity index (χ1) is 6.77. The van der Waals surface area contributed by atoms with Crippen LogP contribution in [0, 0.1) is 6.92 Å². The molecular weight excluding hydrogens is 178 g/mol. The lowest BCUT2D eigenvalue weighted by atomic mass is 10.1. The van der Waals surface area contributed by atoms with Crippen LogP contribution in [0.3, 0.4) is 0 Å². The summed E-state index contributed by atoms with van der Waals surface area (Å²) in [7, 11) is 0. The number of nitrogens with zero attached hydrogens (tertiary/aromatic N) is 2. The summed E-state index contributed by atoms with van der Waals surface area (Å²) >= 11 is 0. The Morgan fingerprint density at radius 1 is 1.36 bits per heavy atom. The van der Waals surface area contributed by atoms with Crippen LogP contribution in [0.2, 0.25) is 0 Å². The predicted octanol–water partition coefficient (Wildman–Crippen LogP) is 1.43. The summed E-state index contributed by atoms with van der Waals surface area (Å²) in [4.78, 5) is 8.34. The van der Waals surface area contributed by atoms with Crippen LogP contribution in [0.15, 0.2) is 35.4 Å². The lowest BCUT2D eigenvalue weighted by Gasteiger charge is -2.07. The summed E-state index contributed by atoms with van der Waals surface area (Å²) in [5.74, 6) is 0. The fraction of sp³-hybridized carbons (Fsp3) is 0.200. The number of aryl methyl sites for hydroxylation is 1. The van der Waals surface area contributed by atoms with E-state index >= 15 is 0 Å². The molecule has 2 rings (SSSR count). The molecule has 0 saturated carbocycles. The summed E-state index contributed by atoms with van der Waals surface area (Å²) < 4.78 is 4.95. The Labute approximate surface area is 81.8 Å². The van der Waals surface area contributed by atoms with Gasteiger partial charge in [-0.1, -0.05) is 0 Å². The number of hydrogen-bond acceptors (Lipinski definition) is 4. The molecule has 4 nitrogen and oxygen atoms in total. The molecule has 0 aromatic carbocycles. The maximum absolute atomic E-state index is 5.95. The summed E-state index contributed by atoms with van der Waals surface area (Å²) in [6, 6.07) is 1.56. The second kappa shape index (κ2) is 3.59. The fourth-order valence-corrected chi connectivity index (χ4v) is 1.19. The van der Waals surface area contributed by atoms with Crippen molar-refractivity contribution >= 4 is 0 Å². The van der Waals surface area contributed by atoms with Gasteiger partial charge in [0.1, 0.15) is 0 Å². The van der Waals surface area contributed by atoms with Crippen LogP contribution in [0.4, 0.5) is 0 Å². The van der Waals surface area contributed by atoms with Crippen molar-refractivity contribution in [2.24, 2.45) is 5.73 Å². The Morgan fingerprint density at radius 2 is 2.21 bits per heavy atom. The summed E-state index contributed by atoms with van der Waals surface area (Å²) in [6.07, 6.45) is 6.60. The molecule has 1 atom stereocenters. The van der Waals surface area contributed by atoms with Crippen LogP contribution in [0.25, 0.3) is 0 Å². The van der Waals surface area contributed by atoms with Crippen molar-refractivity contribution in [3.8, 4) is 0 Å². The van der Waals surface area contributed by atoms with Gasteiger partial charge in [-0.2, -0.15) is 0 Å². The first-order valence-corrected chi connectivity index (χ1v) is 4.33. The minimum atomic E-state index is -0.262. The molecule has 2 aromatic heterocycles. The van der Waals surface area contributed by atoms with E-state index in [0.29, 0.717) is 0 Å². The van der Waals surface area contributed by atoms with Crippen molar-refractivity contribution in [3.63, 3.8) is 0 Å². The van der Waals surface area contributed by atoms with Crippen molar-refractivity contribution in [1.29, 1.82) is 0 Å². The van der Waals surface area contributed by atoms with E-state index in [1.807, 2.05) is 13.0 Å². The first kappa shape index (κ1) is 8.90. The molecule has 0 amide bonds. The van der Waals surface area contributed by atoms with E-state index in [2.05, 4.69) is 9.97 Å². The Bertz CT molecular complexity index is 394. The quantitative estimate of drug-likeness (QED) is 0.776. The van der Waals surface area contributed by atoms with E-state index in [0.717, 1.165) is 17.0 Å². The SMILES string of the molecule is Cc1cnc(C(N)c2ccoc2)cn1. The van der Waals surface area contributed by atoms with Crippen LogP contribution < -0.4 is 5.73 Å². The van der Waals surface area contributed by atoms with Crippen molar-refractivity contribution in [1.82, 2.24) is 9.97 Å². The zero-order chi connectivity index (χ0) is 9.97. The van der Waals surface area contributed by atoms with Crippen LogP contribution >= 0.6 is 0 Å². The predicted molar refractivity (Wildman–Crippen MR) is 51.5 cm³/mol. The molecule has 2 aromatic rings. The lowest BCUT2D eigenvalue weighted by molar-refractivity contribution is 0.561. The number of nitrogens with two attached hydrogens (primary N) is 1. The van der Waals surface area contributed by atoms with E-state index in [9.17, 15) is 0 Å². The van der Waals surface area contributed by atoms with Crippen LogP contribution in [0.1, 0.15) is 23.0 Å². The molecule has 2 heterocycles. The van der Waals surface area contributed by atoms with Gasteiger partial charge in [-0.05, 0) is 13.0 Å². The topological polar surface area (TPSA) is 64.9 Å². The molecule has 0 aliphatic carbocycles. The molecule has 2 N–H and O–H groups in total. The Morgan fingerprint density at radius 3 is 2.79 bits per heavy atom. The standard InChI is InChI=1S/C10H11N3O/c1-7-4-13-9(5-12-7)10(11)8-2-3-14-6-8/h2-6,10H,11H2,1H3. The number of rotatable bonds is 2. The second-order valence-corrected chi connectivity index (χ2v) is 3.12. The molecule has 14 heavy (non-hydrogen) atoms. The number of furan rings is 1. The molecule has 0 aliphatic heterocycles. The number of hydrogen-bond donors (Lipinski definition) is 1. The summed E-state index contributed by atoms with van der Waals surface area (Å²) in [6.45, 7) is 1.89. The Kier molecular flexibility index (Phi) is 2.28. The normalized spacial score (nSPS) is 12.7. The van der Waals surface area contributed by atoms with Crippen LogP contribution in [-0.4, -0.2) is 9.97 Å². The third-order valence-electron chi connectivity index (χ3n) is 2.02. The lowest BCUT2D eigenvalue weighted by Crippen LogP contribution is -2.13. The second-order valence-electron chi connectivity index (χ2n) is 3.12. The minimum absolute atomic E-state index is 0.262. The summed E-state index contributed by atoms with van der Waals surface area (Å²) in [5.41, 5.74) is 8.48. The Balaban J connectivity index is 2.28. The van der Waals surface area contributed by atoms with Crippen LogP contribution in [0.5, 0.6) is 0 Å². The maximum Gasteiger partial charge on any atom is 0.0954 e. The fourth-order valence-electron chi connectivity index (χ4n) is 1.19. The monoisotopic (exact) mass is 189 g/mol. The molecule has 0 radical (unpaired) electrons. The van der Waals surface area contributed by atoms with Crippen molar-refractivity contribution in [2.45, 2.75) is 13.0 Å². The van der Waals surface area contributed by atoms with E-state index in [4.69, 9.17) is 10.2 Å². The molecule has 0 saturated heterocycles. The highest BCUT2D eigenvalue weighted by molar-refractivity contribution is 5.21. The molecule has 4 heteroatoms. The number of aromatic nitrogens is 2. The van der Waals surface area contributed by atoms with E-state index < -0.39 is 0 Å². The maximum atomic E-state index is 5.95. The Hall–Kier alpha value is -1.68. The van der Waals surface area contributed by atoms with Gasteiger partial charge in [-0.25, -0.2) is 0 Å². The highest BCUT2D eigenvalue weighted by Gasteiger charge is 2.11. The zero-order valence-electron chi connectivity index (χ0n) is 7.84. The minimum Gasteiger partial charge on any atom is -0.472 e. The third kappa shape index (κ3) is 1.65. The molecule has 0 bridgehead atoms. The van der Waals surface area contributed by atoms with Gasteiger partial charge in [0.05, 0.1) is 36.2 Å². The summed E-state index contributed by atoms with van der Waals surface area (Å²) in [5, 5.41) is 0. The average molecular weight is 189 g/mol. The third-order valence-corrected chi connectivity index (χ3v) is 2.02. The van der Waals surface area contributed by atoms with E-state index in [1.165, 1.54) is 0 Å². The zero-order valence-corrected chi connectivity index (χ0v) is 7.84. The highest BCUT2D eigenvalue weighted by atomic mass is 16.3. The van der Waals surface area contributed by atoms with Crippen molar-refractivity contribution in [3.05, 3.63) is 47.9 Å². The van der Waals surface area contributed by atoms with Gasteiger partial charge >= 0.3 is 0 Å². The van der Waals surface area contributed by atoms with Crippen LogP contribution in [-0.2, 0) is 0 Å². The van der Waals surface area contributed by atoms with Crippen molar-refractivity contribution in [2.75, 3.05) is 0 Å². The van der Waals surface area contributed by atoms with E-state index in [1.54, 1.807) is 24.9 Å². The highest BCUT2D eigenvalue weighted by Crippen LogP contribution is 2.16. The van der Waals surface area contributed by atoms with Gasteiger partial charge in [-0.15, -0.1) is 0 Å². The smallest absolute Gasteiger partial charge is 0.0954 e. The molecule has 0 spiro atoms. The van der Waals surface area contributed by atoms with Gasteiger partial charge in [0.15, 0.2) is 0 Å². The van der Waals surface area contributed by atoms with Gasteiger partial charge in [0.2, 0.25) is 0 Å². The van der Waals surface area contributed by atoms with Gasteiger partial charge in [0.25, 0.3) is 0 Å². The molecular formula is C10H11N3O. The molecule has 1 unspecified atom stereocenters. The van der Waals surface area contributed by atoms with Gasteiger partial charge in [-0.3, -0.25) is 9.97 Å².